The molecule has 0 amide bonds. The second-order valence-corrected chi connectivity index (χ2v) is 6.54. The van der Waals surface area contributed by atoms with Crippen LogP contribution in [0.25, 0.3) is 11.0 Å². The van der Waals surface area contributed by atoms with Gasteiger partial charge in [0.2, 0.25) is 5.89 Å². The van der Waals surface area contributed by atoms with E-state index in [9.17, 15) is 4.79 Å². The van der Waals surface area contributed by atoms with Gasteiger partial charge in [0.15, 0.2) is 5.82 Å². The maximum Gasteiger partial charge on any atom is 0.336 e. The van der Waals surface area contributed by atoms with E-state index in [-0.39, 0.29) is 5.63 Å². The van der Waals surface area contributed by atoms with Gasteiger partial charge < -0.3 is 13.7 Å². The lowest BCUT2D eigenvalue weighted by molar-refractivity contribution is 0.199. The molecule has 7 heteroatoms. The van der Waals surface area contributed by atoms with Gasteiger partial charge in [-0.3, -0.25) is 4.90 Å². The first-order chi connectivity index (χ1) is 12.5. The van der Waals surface area contributed by atoms with E-state index >= 15 is 0 Å². The lowest BCUT2D eigenvalue weighted by Gasteiger charge is -2.15. The Morgan fingerprint density at radius 3 is 2.69 bits per heavy atom. The van der Waals surface area contributed by atoms with E-state index in [0.717, 1.165) is 22.1 Å². The number of benzene rings is 1. The molecule has 3 aromatic rings. The van der Waals surface area contributed by atoms with E-state index < -0.39 is 0 Å². The third-order valence-corrected chi connectivity index (χ3v) is 4.33. The van der Waals surface area contributed by atoms with Gasteiger partial charge in [-0.1, -0.05) is 5.16 Å². The molecule has 0 spiro atoms. The van der Waals surface area contributed by atoms with Crippen molar-refractivity contribution < 1.29 is 13.7 Å². The lowest BCUT2D eigenvalue weighted by Crippen LogP contribution is -2.19. The van der Waals surface area contributed by atoms with Gasteiger partial charge in [0.1, 0.15) is 5.58 Å². The zero-order valence-electron chi connectivity index (χ0n) is 15.5. The van der Waals surface area contributed by atoms with Crippen molar-refractivity contribution in [3.05, 3.63) is 57.0 Å². The van der Waals surface area contributed by atoms with Crippen LogP contribution in [0.4, 0.5) is 0 Å². The Balaban J connectivity index is 1.78. The van der Waals surface area contributed by atoms with Crippen LogP contribution < -0.4 is 5.63 Å². The molecule has 26 heavy (non-hydrogen) atoms. The summed E-state index contributed by atoms with van der Waals surface area (Å²) in [5.74, 6) is 1.17. The number of aryl methyl sites for hydroxylation is 2. The molecule has 0 aliphatic carbocycles. The highest BCUT2D eigenvalue weighted by atomic mass is 16.5. The van der Waals surface area contributed by atoms with E-state index in [1.807, 2.05) is 31.9 Å². The monoisotopic (exact) mass is 357 g/mol. The summed E-state index contributed by atoms with van der Waals surface area (Å²) in [5, 5.41) is 4.89. The van der Waals surface area contributed by atoms with Crippen molar-refractivity contribution in [1.82, 2.24) is 15.0 Å². The van der Waals surface area contributed by atoms with Crippen molar-refractivity contribution in [2.24, 2.45) is 0 Å². The van der Waals surface area contributed by atoms with Crippen LogP contribution in [0.1, 0.15) is 28.4 Å². The average molecular weight is 357 g/mol. The summed E-state index contributed by atoms with van der Waals surface area (Å²) >= 11 is 0. The summed E-state index contributed by atoms with van der Waals surface area (Å²) in [6.07, 6.45) is 0.618. The maximum absolute atomic E-state index is 11.9. The standard InChI is InChI=1S/C19H23N3O4/c1-12-7-15-14(9-19(23)25-16(15)8-13(12)2)10-22(3)11-18-20-17(21-26-18)5-6-24-4/h7-9H,5-6,10-11H2,1-4H3. The minimum Gasteiger partial charge on any atom is -0.423 e. The molecule has 0 aliphatic heterocycles. The molecule has 2 aromatic heterocycles. The quantitative estimate of drug-likeness (QED) is 0.601. The summed E-state index contributed by atoms with van der Waals surface area (Å²) in [6.45, 7) is 5.67. The van der Waals surface area contributed by atoms with E-state index in [1.165, 1.54) is 0 Å². The highest BCUT2D eigenvalue weighted by Crippen LogP contribution is 2.22. The molecule has 0 aliphatic rings. The molecule has 0 N–H and O–H groups in total. The Bertz CT molecular complexity index is 961. The largest absolute Gasteiger partial charge is 0.423 e. The highest BCUT2D eigenvalue weighted by Gasteiger charge is 2.13. The van der Waals surface area contributed by atoms with Crippen LogP contribution in [0, 0.1) is 13.8 Å². The lowest BCUT2D eigenvalue weighted by atomic mass is 10.0. The molecule has 138 valence electrons. The molecule has 0 fully saturated rings. The van der Waals surface area contributed by atoms with Gasteiger partial charge in [-0.2, -0.15) is 4.98 Å². The van der Waals surface area contributed by atoms with Crippen LogP contribution in [-0.2, 0) is 24.2 Å². The third kappa shape index (κ3) is 4.17. The van der Waals surface area contributed by atoms with Crippen molar-refractivity contribution >= 4 is 11.0 Å². The van der Waals surface area contributed by atoms with E-state index in [2.05, 4.69) is 16.2 Å². The molecular weight excluding hydrogens is 334 g/mol. The Morgan fingerprint density at radius 1 is 1.15 bits per heavy atom. The number of fused-ring (bicyclic) bond motifs is 1. The summed E-state index contributed by atoms with van der Waals surface area (Å²) in [7, 11) is 3.58. The molecule has 2 heterocycles. The molecule has 3 rings (SSSR count). The number of rotatable bonds is 7. The first-order valence-corrected chi connectivity index (χ1v) is 8.49. The molecule has 0 saturated heterocycles. The fraction of sp³-hybridized carbons (Fsp3) is 0.421. The van der Waals surface area contributed by atoms with Gasteiger partial charge in [0.25, 0.3) is 0 Å². The molecule has 7 nitrogen and oxygen atoms in total. The Kier molecular flexibility index (Phi) is 5.49. The molecule has 0 atom stereocenters. The summed E-state index contributed by atoms with van der Waals surface area (Å²) < 4.78 is 15.6. The number of aromatic nitrogens is 2. The number of ether oxygens (including phenoxy) is 1. The van der Waals surface area contributed by atoms with Gasteiger partial charge in [-0.25, -0.2) is 4.79 Å². The SMILES string of the molecule is COCCc1noc(CN(C)Cc2cc(=O)oc3cc(C)c(C)cc23)n1. The number of nitrogens with zero attached hydrogens (tertiary/aromatic N) is 3. The molecule has 0 saturated carbocycles. The second-order valence-electron chi connectivity index (χ2n) is 6.54. The van der Waals surface area contributed by atoms with Crippen LogP contribution >= 0.6 is 0 Å². The summed E-state index contributed by atoms with van der Waals surface area (Å²) in [6, 6.07) is 5.52. The van der Waals surface area contributed by atoms with Gasteiger partial charge >= 0.3 is 5.63 Å². The third-order valence-electron chi connectivity index (χ3n) is 4.33. The van der Waals surface area contributed by atoms with Gasteiger partial charge in [-0.15, -0.1) is 0 Å². The smallest absolute Gasteiger partial charge is 0.336 e. The first kappa shape index (κ1) is 18.3. The Morgan fingerprint density at radius 2 is 1.92 bits per heavy atom. The van der Waals surface area contributed by atoms with E-state index in [0.29, 0.717) is 43.4 Å². The Labute approximate surface area is 151 Å². The number of hydrogen-bond donors (Lipinski definition) is 0. The average Bonchev–Trinajstić information content (AvgIpc) is 3.02. The number of hydrogen-bond acceptors (Lipinski definition) is 7. The zero-order chi connectivity index (χ0) is 18.7. The predicted octanol–water partition coefficient (Wildman–Crippen LogP) is 2.61. The van der Waals surface area contributed by atoms with Crippen molar-refractivity contribution in [2.45, 2.75) is 33.4 Å². The second kappa shape index (κ2) is 7.80. The van der Waals surface area contributed by atoms with Crippen LogP contribution in [0.15, 0.2) is 31.9 Å². The van der Waals surface area contributed by atoms with E-state index in [1.54, 1.807) is 13.2 Å². The van der Waals surface area contributed by atoms with Crippen molar-refractivity contribution in [2.75, 3.05) is 20.8 Å². The predicted molar refractivity (Wildman–Crippen MR) is 97.0 cm³/mol. The molecule has 0 radical (unpaired) electrons. The van der Waals surface area contributed by atoms with Crippen LogP contribution in [0.3, 0.4) is 0 Å². The molecular formula is C19H23N3O4. The minimum absolute atomic E-state index is 0.344. The van der Waals surface area contributed by atoms with Crippen molar-refractivity contribution in [3.8, 4) is 0 Å². The first-order valence-electron chi connectivity index (χ1n) is 8.49. The van der Waals surface area contributed by atoms with Gasteiger partial charge in [0.05, 0.1) is 13.2 Å². The van der Waals surface area contributed by atoms with Crippen LogP contribution in [-0.4, -0.2) is 35.8 Å². The summed E-state index contributed by atoms with van der Waals surface area (Å²) in [5.41, 5.74) is 3.45. The topological polar surface area (TPSA) is 81.6 Å². The van der Waals surface area contributed by atoms with E-state index in [4.69, 9.17) is 13.7 Å². The normalized spacial score (nSPS) is 11.6. The molecule has 1 aromatic carbocycles. The summed E-state index contributed by atoms with van der Waals surface area (Å²) in [4.78, 5) is 18.3. The fourth-order valence-electron chi connectivity index (χ4n) is 2.84. The van der Waals surface area contributed by atoms with Gasteiger partial charge in [0, 0.05) is 31.5 Å². The fourth-order valence-corrected chi connectivity index (χ4v) is 2.84. The molecule has 0 unspecified atom stereocenters. The highest BCUT2D eigenvalue weighted by molar-refractivity contribution is 5.81. The number of methoxy groups -OCH3 is 1. The minimum atomic E-state index is -0.344. The Hall–Kier alpha value is -2.51. The van der Waals surface area contributed by atoms with Crippen molar-refractivity contribution in [3.63, 3.8) is 0 Å². The van der Waals surface area contributed by atoms with Gasteiger partial charge in [-0.05, 0) is 49.7 Å². The zero-order valence-corrected chi connectivity index (χ0v) is 15.5. The molecule has 0 bridgehead atoms. The van der Waals surface area contributed by atoms with Crippen LogP contribution in [0.2, 0.25) is 0 Å². The maximum atomic E-state index is 11.9. The van der Waals surface area contributed by atoms with Crippen LogP contribution in [0.5, 0.6) is 0 Å². The van der Waals surface area contributed by atoms with Crippen molar-refractivity contribution in [1.29, 1.82) is 0 Å².